The molecule has 1 unspecified atom stereocenters. The Morgan fingerprint density at radius 3 is 2.33 bits per heavy atom. The van der Waals surface area contributed by atoms with Gasteiger partial charge in [-0.2, -0.15) is 0 Å². The van der Waals surface area contributed by atoms with Crippen LogP contribution in [0.4, 0.5) is 0 Å². The SMILES string of the molecule is CC(=O)Oc1ccc(OC(C)=O)c(C(=O)OCCCCC(C)O)c1. The monoisotopic (exact) mass is 338 g/mol. The van der Waals surface area contributed by atoms with Gasteiger partial charge in [0.15, 0.2) is 0 Å². The second kappa shape index (κ2) is 9.67. The van der Waals surface area contributed by atoms with Crippen molar-refractivity contribution in [2.75, 3.05) is 6.61 Å². The average Bonchev–Trinajstić information content (AvgIpc) is 2.46. The Balaban J connectivity index is 2.78. The molecule has 0 aliphatic rings. The van der Waals surface area contributed by atoms with E-state index < -0.39 is 24.0 Å². The zero-order valence-electron chi connectivity index (χ0n) is 14.0. The number of benzene rings is 1. The molecule has 0 aromatic heterocycles. The molecule has 0 bridgehead atoms. The molecule has 1 rings (SSSR count). The Morgan fingerprint density at radius 1 is 1.08 bits per heavy atom. The molecule has 24 heavy (non-hydrogen) atoms. The molecule has 132 valence electrons. The van der Waals surface area contributed by atoms with E-state index >= 15 is 0 Å². The van der Waals surface area contributed by atoms with Crippen LogP contribution in [0.2, 0.25) is 0 Å². The van der Waals surface area contributed by atoms with Crippen molar-refractivity contribution < 1.29 is 33.7 Å². The van der Waals surface area contributed by atoms with Crippen molar-refractivity contribution in [1.29, 1.82) is 0 Å². The van der Waals surface area contributed by atoms with Crippen molar-refractivity contribution >= 4 is 17.9 Å². The molecule has 0 amide bonds. The van der Waals surface area contributed by atoms with Gasteiger partial charge in [-0.3, -0.25) is 9.59 Å². The molecule has 0 saturated heterocycles. The van der Waals surface area contributed by atoms with Crippen LogP contribution in [0.5, 0.6) is 11.5 Å². The predicted molar refractivity (Wildman–Crippen MR) is 84.9 cm³/mol. The molecule has 0 fully saturated rings. The molecule has 0 heterocycles. The van der Waals surface area contributed by atoms with Gasteiger partial charge in [0.2, 0.25) is 0 Å². The second-order valence-electron chi connectivity index (χ2n) is 5.33. The van der Waals surface area contributed by atoms with E-state index in [1.165, 1.54) is 32.0 Å². The summed E-state index contributed by atoms with van der Waals surface area (Å²) < 4.78 is 15.0. The Labute approximate surface area is 140 Å². The van der Waals surface area contributed by atoms with Gasteiger partial charge < -0.3 is 19.3 Å². The standard InChI is InChI=1S/C17H22O7/c1-11(18)6-4-5-9-22-17(21)15-10-14(23-12(2)19)7-8-16(15)24-13(3)20/h7-8,10-11,18H,4-6,9H2,1-3H3. The van der Waals surface area contributed by atoms with E-state index in [0.29, 0.717) is 12.8 Å². The number of unbranched alkanes of at least 4 members (excludes halogenated alkanes) is 1. The highest BCUT2D eigenvalue weighted by Crippen LogP contribution is 2.25. The molecule has 0 radical (unpaired) electrons. The van der Waals surface area contributed by atoms with Crippen molar-refractivity contribution in [3.63, 3.8) is 0 Å². The Hall–Kier alpha value is -2.41. The van der Waals surface area contributed by atoms with Crippen LogP contribution in [0.15, 0.2) is 18.2 Å². The highest BCUT2D eigenvalue weighted by atomic mass is 16.6. The maximum atomic E-state index is 12.2. The van der Waals surface area contributed by atoms with Crippen molar-refractivity contribution in [3.05, 3.63) is 23.8 Å². The number of aliphatic hydroxyl groups is 1. The molecule has 1 aromatic rings. The largest absolute Gasteiger partial charge is 0.462 e. The summed E-state index contributed by atoms with van der Waals surface area (Å²) in [6.07, 6.45) is 1.55. The lowest BCUT2D eigenvalue weighted by Crippen LogP contribution is -2.12. The van der Waals surface area contributed by atoms with Crippen molar-refractivity contribution in [2.24, 2.45) is 0 Å². The first-order valence-electron chi connectivity index (χ1n) is 7.65. The van der Waals surface area contributed by atoms with Crippen LogP contribution in [0.3, 0.4) is 0 Å². The summed E-state index contributed by atoms with van der Waals surface area (Å²) in [6.45, 7) is 4.31. The summed E-state index contributed by atoms with van der Waals surface area (Å²) in [7, 11) is 0. The third-order valence-electron chi connectivity index (χ3n) is 2.94. The summed E-state index contributed by atoms with van der Waals surface area (Å²) in [5, 5.41) is 9.16. The van der Waals surface area contributed by atoms with E-state index in [0.717, 1.165) is 6.42 Å². The van der Waals surface area contributed by atoms with Gasteiger partial charge in [0.1, 0.15) is 17.1 Å². The van der Waals surface area contributed by atoms with Crippen LogP contribution < -0.4 is 9.47 Å². The molecule has 0 aliphatic heterocycles. The second-order valence-corrected chi connectivity index (χ2v) is 5.33. The number of aliphatic hydroxyl groups excluding tert-OH is 1. The molecule has 0 spiro atoms. The summed E-state index contributed by atoms with van der Waals surface area (Å²) >= 11 is 0. The predicted octanol–water partition coefficient (Wildman–Crippen LogP) is 2.25. The minimum absolute atomic E-state index is 0.000485. The van der Waals surface area contributed by atoms with Crippen molar-refractivity contribution in [3.8, 4) is 11.5 Å². The fraction of sp³-hybridized carbons (Fsp3) is 0.471. The molecule has 0 aliphatic carbocycles. The minimum Gasteiger partial charge on any atom is -0.462 e. The topological polar surface area (TPSA) is 99.1 Å². The zero-order chi connectivity index (χ0) is 18.1. The lowest BCUT2D eigenvalue weighted by molar-refractivity contribution is -0.133. The maximum Gasteiger partial charge on any atom is 0.342 e. The van der Waals surface area contributed by atoms with Crippen LogP contribution in [-0.2, 0) is 14.3 Å². The highest BCUT2D eigenvalue weighted by Gasteiger charge is 2.17. The Morgan fingerprint density at radius 2 is 1.75 bits per heavy atom. The molecule has 0 saturated carbocycles. The molecule has 1 aromatic carbocycles. The number of hydrogen-bond acceptors (Lipinski definition) is 7. The molecular formula is C17H22O7. The fourth-order valence-corrected chi connectivity index (χ4v) is 1.93. The lowest BCUT2D eigenvalue weighted by atomic mass is 10.2. The highest BCUT2D eigenvalue weighted by molar-refractivity contribution is 5.94. The summed E-state index contributed by atoms with van der Waals surface area (Å²) in [5.74, 6) is -1.61. The number of esters is 3. The summed E-state index contributed by atoms with van der Waals surface area (Å²) in [5.41, 5.74) is -0.000485. The number of ether oxygens (including phenoxy) is 3. The van der Waals surface area contributed by atoms with Crippen LogP contribution in [-0.4, -0.2) is 35.7 Å². The van der Waals surface area contributed by atoms with Crippen molar-refractivity contribution in [2.45, 2.75) is 46.1 Å². The van der Waals surface area contributed by atoms with Crippen LogP contribution in [0, 0.1) is 0 Å². The van der Waals surface area contributed by atoms with Crippen molar-refractivity contribution in [1.82, 2.24) is 0 Å². The van der Waals surface area contributed by atoms with E-state index in [-0.39, 0.29) is 23.7 Å². The number of hydrogen-bond donors (Lipinski definition) is 1. The smallest absolute Gasteiger partial charge is 0.342 e. The van der Waals surface area contributed by atoms with Crippen LogP contribution in [0.1, 0.15) is 50.4 Å². The molecular weight excluding hydrogens is 316 g/mol. The molecule has 1 N–H and O–H groups in total. The van der Waals surface area contributed by atoms with E-state index in [1.54, 1.807) is 6.92 Å². The van der Waals surface area contributed by atoms with Gasteiger partial charge in [-0.15, -0.1) is 0 Å². The van der Waals surface area contributed by atoms with Gasteiger partial charge in [-0.25, -0.2) is 4.79 Å². The van der Waals surface area contributed by atoms with Gasteiger partial charge in [0, 0.05) is 13.8 Å². The van der Waals surface area contributed by atoms with Gasteiger partial charge in [0.05, 0.1) is 12.7 Å². The number of rotatable bonds is 8. The van der Waals surface area contributed by atoms with E-state index in [1.807, 2.05) is 0 Å². The average molecular weight is 338 g/mol. The zero-order valence-corrected chi connectivity index (χ0v) is 14.0. The quantitative estimate of drug-likeness (QED) is 0.441. The normalized spacial score (nSPS) is 11.5. The Bertz CT molecular complexity index is 593. The number of carbonyl (C=O) groups is 3. The first kappa shape index (κ1) is 19.6. The van der Waals surface area contributed by atoms with E-state index in [2.05, 4.69) is 0 Å². The fourth-order valence-electron chi connectivity index (χ4n) is 1.93. The van der Waals surface area contributed by atoms with Gasteiger partial charge in [-0.05, 0) is 44.4 Å². The lowest BCUT2D eigenvalue weighted by Gasteiger charge is -2.11. The maximum absolute atomic E-state index is 12.2. The van der Waals surface area contributed by atoms with E-state index in [4.69, 9.17) is 19.3 Å². The van der Waals surface area contributed by atoms with Gasteiger partial charge in [0.25, 0.3) is 0 Å². The molecule has 7 nitrogen and oxygen atoms in total. The minimum atomic E-state index is -0.683. The third-order valence-corrected chi connectivity index (χ3v) is 2.94. The Kier molecular flexibility index (Phi) is 7.91. The van der Waals surface area contributed by atoms with Crippen LogP contribution in [0.25, 0.3) is 0 Å². The third kappa shape index (κ3) is 7.23. The van der Waals surface area contributed by atoms with E-state index in [9.17, 15) is 14.4 Å². The summed E-state index contributed by atoms with van der Waals surface area (Å²) in [4.78, 5) is 34.3. The number of carbonyl (C=O) groups excluding carboxylic acids is 3. The molecule has 7 heteroatoms. The first-order valence-corrected chi connectivity index (χ1v) is 7.65. The summed E-state index contributed by atoms with van der Waals surface area (Å²) in [6, 6.07) is 4.07. The van der Waals surface area contributed by atoms with Gasteiger partial charge >= 0.3 is 17.9 Å². The first-order chi connectivity index (χ1) is 11.3. The van der Waals surface area contributed by atoms with Crippen LogP contribution >= 0.6 is 0 Å². The molecule has 1 atom stereocenters. The van der Waals surface area contributed by atoms with Gasteiger partial charge in [-0.1, -0.05) is 0 Å².